The smallest absolute Gasteiger partial charge is 0.329 e. The molecule has 0 aromatic heterocycles. The van der Waals surface area contributed by atoms with Crippen LogP contribution in [0.1, 0.15) is 31.7 Å². The van der Waals surface area contributed by atoms with Crippen LogP contribution < -0.4 is 0 Å². The predicted molar refractivity (Wildman–Crippen MR) is 85.4 cm³/mol. The van der Waals surface area contributed by atoms with Crippen molar-refractivity contribution >= 4 is 17.8 Å². The number of esters is 1. The van der Waals surface area contributed by atoms with E-state index < -0.39 is 23.8 Å². The molecule has 1 aromatic carbocycles. The van der Waals surface area contributed by atoms with Crippen LogP contribution in [0.3, 0.4) is 0 Å². The summed E-state index contributed by atoms with van der Waals surface area (Å²) in [5.41, 5.74) is 0.871. The Morgan fingerprint density at radius 1 is 1.09 bits per heavy atom. The van der Waals surface area contributed by atoms with Crippen LogP contribution in [-0.4, -0.2) is 35.3 Å². The number of ether oxygens (including phenoxy) is 1. The van der Waals surface area contributed by atoms with Crippen molar-refractivity contribution in [1.29, 1.82) is 0 Å². The summed E-state index contributed by atoms with van der Waals surface area (Å²) < 4.78 is 5.27. The number of rotatable bonds is 8. The highest BCUT2D eigenvalue weighted by Crippen LogP contribution is 2.16. The van der Waals surface area contributed by atoms with Crippen molar-refractivity contribution in [3.05, 3.63) is 48.0 Å². The number of benzene rings is 1. The second-order valence-electron chi connectivity index (χ2n) is 5.46. The third-order valence-corrected chi connectivity index (χ3v) is 3.69. The predicted octanol–water partition coefficient (Wildman–Crippen LogP) is 2.26. The maximum absolute atomic E-state index is 12.4. The lowest BCUT2D eigenvalue weighted by Gasteiger charge is -2.24. The molecule has 2 rings (SSSR count). The number of carbonyl (C=O) groups is 3. The average Bonchev–Trinajstić information content (AvgIpc) is 2.89. The summed E-state index contributed by atoms with van der Waals surface area (Å²) in [7, 11) is 0. The quantitative estimate of drug-likeness (QED) is 0.419. The summed E-state index contributed by atoms with van der Waals surface area (Å²) in [6, 6.07) is 8.37. The molecule has 23 heavy (non-hydrogen) atoms. The van der Waals surface area contributed by atoms with E-state index in [-0.39, 0.29) is 6.42 Å². The third kappa shape index (κ3) is 4.52. The van der Waals surface area contributed by atoms with Crippen LogP contribution in [0.5, 0.6) is 0 Å². The van der Waals surface area contributed by atoms with Crippen molar-refractivity contribution in [3.8, 4) is 0 Å². The molecule has 1 atom stereocenters. The molecular weight excluding hydrogens is 294 g/mol. The maximum atomic E-state index is 12.4. The zero-order valence-electron chi connectivity index (χ0n) is 13.2. The monoisotopic (exact) mass is 315 g/mol. The summed E-state index contributed by atoms with van der Waals surface area (Å²) in [6.07, 6.45) is 5.40. The molecule has 0 bridgehead atoms. The second kappa shape index (κ2) is 8.27. The van der Waals surface area contributed by atoms with Gasteiger partial charge in [0.2, 0.25) is 0 Å². The van der Waals surface area contributed by atoms with Gasteiger partial charge < -0.3 is 4.74 Å². The summed E-state index contributed by atoms with van der Waals surface area (Å²) >= 11 is 0. The lowest BCUT2D eigenvalue weighted by molar-refractivity contribution is -0.157. The van der Waals surface area contributed by atoms with Crippen LogP contribution in [0.4, 0.5) is 0 Å². The minimum atomic E-state index is -0.922. The molecule has 0 spiro atoms. The maximum Gasteiger partial charge on any atom is 0.329 e. The van der Waals surface area contributed by atoms with Crippen molar-refractivity contribution in [2.45, 2.75) is 38.6 Å². The zero-order chi connectivity index (χ0) is 16.7. The van der Waals surface area contributed by atoms with Gasteiger partial charge in [0.1, 0.15) is 6.04 Å². The molecule has 0 aliphatic carbocycles. The Morgan fingerprint density at radius 2 is 1.74 bits per heavy atom. The Hall–Kier alpha value is -2.43. The molecule has 0 fully saturated rings. The van der Waals surface area contributed by atoms with E-state index in [0.717, 1.165) is 29.7 Å². The number of hydrogen-bond acceptors (Lipinski definition) is 4. The van der Waals surface area contributed by atoms with E-state index in [1.165, 1.54) is 12.2 Å². The fourth-order valence-electron chi connectivity index (χ4n) is 2.46. The summed E-state index contributed by atoms with van der Waals surface area (Å²) in [4.78, 5) is 37.2. The lowest BCUT2D eigenvalue weighted by atomic mass is 10.0. The molecule has 0 radical (unpaired) electrons. The minimum Gasteiger partial charge on any atom is -0.464 e. The standard InChI is InChI=1S/C18H21NO4/c1-2-3-7-12-23-18(22)15(13-14-8-5-4-6-9-14)19-16(20)10-11-17(19)21/h4-6,8-11,15H,2-3,7,12-13H2,1H3. The Morgan fingerprint density at radius 3 is 2.35 bits per heavy atom. The molecule has 1 aliphatic rings. The number of unbranched alkanes of at least 4 members (excludes halogenated alkanes) is 2. The first-order valence-electron chi connectivity index (χ1n) is 7.89. The highest BCUT2D eigenvalue weighted by Gasteiger charge is 2.36. The van der Waals surface area contributed by atoms with Crippen LogP contribution in [-0.2, 0) is 25.5 Å². The normalized spacial score (nSPS) is 15.1. The molecule has 5 heteroatoms. The summed E-state index contributed by atoms with van der Waals surface area (Å²) in [5, 5.41) is 0. The molecule has 0 saturated carbocycles. The molecule has 122 valence electrons. The molecule has 1 aliphatic heterocycles. The van der Waals surface area contributed by atoms with Gasteiger partial charge in [-0.2, -0.15) is 0 Å². The van der Waals surface area contributed by atoms with Gasteiger partial charge in [-0.1, -0.05) is 50.1 Å². The van der Waals surface area contributed by atoms with Crippen LogP contribution in [0.15, 0.2) is 42.5 Å². The van der Waals surface area contributed by atoms with Gasteiger partial charge in [0, 0.05) is 18.6 Å². The van der Waals surface area contributed by atoms with Crippen molar-refractivity contribution in [2.24, 2.45) is 0 Å². The zero-order valence-corrected chi connectivity index (χ0v) is 13.2. The van der Waals surface area contributed by atoms with Gasteiger partial charge in [0.05, 0.1) is 6.61 Å². The second-order valence-corrected chi connectivity index (χ2v) is 5.46. The van der Waals surface area contributed by atoms with E-state index in [2.05, 4.69) is 6.92 Å². The number of nitrogens with zero attached hydrogens (tertiary/aromatic N) is 1. The van der Waals surface area contributed by atoms with Crippen LogP contribution in [0.25, 0.3) is 0 Å². The van der Waals surface area contributed by atoms with Crippen LogP contribution in [0.2, 0.25) is 0 Å². The highest BCUT2D eigenvalue weighted by atomic mass is 16.5. The van der Waals surface area contributed by atoms with Gasteiger partial charge in [0.15, 0.2) is 0 Å². The first-order valence-corrected chi connectivity index (χ1v) is 7.89. The summed E-state index contributed by atoms with van der Waals surface area (Å²) in [6.45, 7) is 2.37. The molecule has 5 nitrogen and oxygen atoms in total. The SMILES string of the molecule is CCCCCOC(=O)C(Cc1ccccc1)N1C(=O)C=CC1=O. The van der Waals surface area contributed by atoms with E-state index in [0.29, 0.717) is 6.61 Å². The molecule has 1 aromatic rings. The van der Waals surface area contributed by atoms with Gasteiger partial charge in [-0.25, -0.2) is 4.79 Å². The molecule has 0 N–H and O–H groups in total. The third-order valence-electron chi connectivity index (χ3n) is 3.69. The first kappa shape index (κ1) is 16.9. The molecule has 2 amide bonds. The lowest BCUT2D eigenvalue weighted by Crippen LogP contribution is -2.47. The fourth-order valence-corrected chi connectivity index (χ4v) is 2.46. The van der Waals surface area contributed by atoms with E-state index in [1.807, 2.05) is 30.3 Å². The Bertz CT molecular complexity index is 576. The van der Waals surface area contributed by atoms with Crippen LogP contribution in [0, 0.1) is 0 Å². The Kier molecular flexibility index (Phi) is 6.09. The van der Waals surface area contributed by atoms with Crippen molar-refractivity contribution in [3.63, 3.8) is 0 Å². The van der Waals surface area contributed by atoms with Gasteiger partial charge in [-0.15, -0.1) is 0 Å². The number of imide groups is 1. The molecule has 0 saturated heterocycles. The molecule has 1 heterocycles. The largest absolute Gasteiger partial charge is 0.464 e. The number of amides is 2. The van der Waals surface area contributed by atoms with E-state index >= 15 is 0 Å². The topological polar surface area (TPSA) is 63.7 Å². The minimum absolute atomic E-state index is 0.257. The number of hydrogen-bond donors (Lipinski definition) is 0. The van der Waals surface area contributed by atoms with E-state index in [9.17, 15) is 14.4 Å². The Labute approximate surface area is 135 Å². The van der Waals surface area contributed by atoms with E-state index in [4.69, 9.17) is 4.74 Å². The van der Waals surface area contributed by atoms with Crippen molar-refractivity contribution in [2.75, 3.05) is 6.61 Å². The van der Waals surface area contributed by atoms with Gasteiger partial charge in [0.25, 0.3) is 11.8 Å². The van der Waals surface area contributed by atoms with Gasteiger partial charge in [-0.05, 0) is 12.0 Å². The highest BCUT2D eigenvalue weighted by molar-refractivity contribution is 6.14. The van der Waals surface area contributed by atoms with Crippen molar-refractivity contribution in [1.82, 2.24) is 4.90 Å². The Balaban J connectivity index is 2.09. The van der Waals surface area contributed by atoms with Crippen LogP contribution >= 0.6 is 0 Å². The first-order chi connectivity index (χ1) is 11.1. The summed E-state index contributed by atoms with van der Waals surface area (Å²) in [5.74, 6) is -1.47. The fraction of sp³-hybridized carbons (Fsp3) is 0.389. The number of carbonyl (C=O) groups excluding carboxylic acids is 3. The molecule has 1 unspecified atom stereocenters. The average molecular weight is 315 g/mol. The van der Waals surface area contributed by atoms with E-state index in [1.54, 1.807) is 0 Å². The van der Waals surface area contributed by atoms with Crippen molar-refractivity contribution < 1.29 is 19.1 Å². The van der Waals surface area contributed by atoms with Gasteiger partial charge >= 0.3 is 5.97 Å². The van der Waals surface area contributed by atoms with Gasteiger partial charge in [-0.3, -0.25) is 14.5 Å². The molecular formula is C18H21NO4.